The maximum Gasteiger partial charge on any atom is 0.224 e. The molecule has 1 aromatic carbocycles. The van der Waals surface area contributed by atoms with Gasteiger partial charge in [-0.15, -0.1) is 0 Å². The Morgan fingerprint density at radius 3 is 3.00 bits per heavy atom. The lowest BCUT2D eigenvalue weighted by Crippen LogP contribution is -2.49. The second kappa shape index (κ2) is 6.46. The van der Waals surface area contributed by atoms with Crippen molar-refractivity contribution in [3.05, 3.63) is 41.4 Å². The summed E-state index contributed by atoms with van der Waals surface area (Å²) < 4.78 is 19.3. The Kier molecular flexibility index (Phi) is 4.40. The predicted octanol–water partition coefficient (Wildman–Crippen LogP) is 2.86. The van der Waals surface area contributed by atoms with Crippen LogP contribution in [-0.2, 0) is 0 Å². The number of rotatable bonds is 3. The van der Waals surface area contributed by atoms with Crippen molar-refractivity contribution in [2.24, 2.45) is 0 Å². The van der Waals surface area contributed by atoms with Gasteiger partial charge in [0.15, 0.2) is 11.6 Å². The summed E-state index contributed by atoms with van der Waals surface area (Å²) in [5.74, 6) is 0.635. The van der Waals surface area contributed by atoms with Gasteiger partial charge in [0.05, 0.1) is 0 Å². The van der Waals surface area contributed by atoms with Gasteiger partial charge in [-0.3, -0.25) is 0 Å². The van der Waals surface area contributed by atoms with Gasteiger partial charge in [0.1, 0.15) is 12.1 Å². The van der Waals surface area contributed by atoms with E-state index in [0.29, 0.717) is 16.9 Å². The molecule has 2 heterocycles. The van der Waals surface area contributed by atoms with Crippen molar-refractivity contribution in [2.75, 3.05) is 24.5 Å². The molecule has 0 bridgehead atoms. The second-order valence-electron chi connectivity index (χ2n) is 5.19. The summed E-state index contributed by atoms with van der Waals surface area (Å²) in [7, 11) is 0. The third-order valence-corrected chi connectivity index (χ3v) is 3.66. The van der Waals surface area contributed by atoms with E-state index in [9.17, 15) is 4.39 Å². The van der Waals surface area contributed by atoms with E-state index in [0.717, 1.165) is 25.5 Å². The first-order valence-electron chi connectivity index (χ1n) is 7.05. The zero-order chi connectivity index (χ0) is 15.5. The van der Waals surface area contributed by atoms with Crippen LogP contribution in [0.4, 0.5) is 10.2 Å². The molecule has 1 atom stereocenters. The predicted molar refractivity (Wildman–Crippen MR) is 83.2 cm³/mol. The first kappa shape index (κ1) is 15.0. The largest absolute Gasteiger partial charge is 0.436 e. The number of nitrogens with zero attached hydrogens (tertiary/aromatic N) is 3. The number of halogens is 2. The summed E-state index contributed by atoms with van der Waals surface area (Å²) >= 11 is 5.73. The van der Waals surface area contributed by atoms with Gasteiger partial charge in [-0.25, -0.2) is 14.4 Å². The van der Waals surface area contributed by atoms with Crippen LogP contribution in [0.2, 0.25) is 5.02 Å². The highest BCUT2D eigenvalue weighted by Crippen LogP contribution is 2.27. The number of anilines is 1. The highest BCUT2D eigenvalue weighted by atomic mass is 35.5. The molecule has 0 saturated carbocycles. The molecular formula is C15H16ClFN4O. The average molecular weight is 323 g/mol. The Morgan fingerprint density at radius 2 is 2.23 bits per heavy atom. The van der Waals surface area contributed by atoms with Gasteiger partial charge in [0.25, 0.3) is 0 Å². The van der Waals surface area contributed by atoms with E-state index >= 15 is 0 Å². The maximum atomic E-state index is 13.8. The van der Waals surface area contributed by atoms with Crippen LogP contribution in [-0.4, -0.2) is 35.6 Å². The van der Waals surface area contributed by atoms with Crippen LogP contribution in [0.15, 0.2) is 30.6 Å². The Hall–Kier alpha value is -1.92. The van der Waals surface area contributed by atoms with Crippen molar-refractivity contribution >= 4 is 17.4 Å². The summed E-state index contributed by atoms with van der Waals surface area (Å²) in [6.45, 7) is 4.73. The highest BCUT2D eigenvalue weighted by Gasteiger charge is 2.18. The zero-order valence-electron chi connectivity index (χ0n) is 12.1. The monoisotopic (exact) mass is 322 g/mol. The first-order valence-corrected chi connectivity index (χ1v) is 7.43. The molecule has 1 fully saturated rings. The molecule has 1 aliphatic heterocycles. The fourth-order valence-corrected chi connectivity index (χ4v) is 2.53. The van der Waals surface area contributed by atoms with Crippen LogP contribution in [0.1, 0.15) is 6.92 Å². The molecule has 2 aromatic rings. The van der Waals surface area contributed by atoms with E-state index in [1.54, 1.807) is 12.1 Å². The summed E-state index contributed by atoms with van der Waals surface area (Å²) in [4.78, 5) is 10.5. The van der Waals surface area contributed by atoms with E-state index < -0.39 is 5.82 Å². The highest BCUT2D eigenvalue weighted by molar-refractivity contribution is 6.30. The molecule has 3 rings (SSSR count). The Balaban J connectivity index is 1.79. The summed E-state index contributed by atoms with van der Waals surface area (Å²) in [5, 5.41) is 3.69. The van der Waals surface area contributed by atoms with E-state index in [1.165, 1.54) is 18.5 Å². The van der Waals surface area contributed by atoms with Crippen LogP contribution in [0.3, 0.4) is 0 Å². The Labute approximate surface area is 133 Å². The third-order valence-electron chi connectivity index (χ3n) is 3.43. The number of hydrogen-bond acceptors (Lipinski definition) is 5. The number of nitrogens with one attached hydrogen (secondary N) is 1. The SMILES string of the molecule is CC1CN(c2cc(Oc3ccc(Cl)cc3F)ncn2)CCN1. The molecule has 1 N–H and O–H groups in total. The van der Waals surface area contributed by atoms with Crippen LogP contribution in [0.25, 0.3) is 0 Å². The minimum absolute atomic E-state index is 0.0859. The molecule has 22 heavy (non-hydrogen) atoms. The minimum Gasteiger partial charge on any atom is -0.436 e. The van der Waals surface area contributed by atoms with Crippen molar-refractivity contribution in [1.82, 2.24) is 15.3 Å². The van der Waals surface area contributed by atoms with Crippen LogP contribution >= 0.6 is 11.6 Å². The fraction of sp³-hybridized carbons (Fsp3) is 0.333. The van der Waals surface area contributed by atoms with Gasteiger partial charge >= 0.3 is 0 Å². The van der Waals surface area contributed by atoms with E-state index in [4.69, 9.17) is 16.3 Å². The first-order chi connectivity index (χ1) is 10.6. The lowest BCUT2D eigenvalue weighted by atomic mass is 10.2. The molecular weight excluding hydrogens is 307 g/mol. The van der Waals surface area contributed by atoms with Crippen LogP contribution < -0.4 is 15.0 Å². The van der Waals surface area contributed by atoms with Crippen LogP contribution in [0, 0.1) is 5.82 Å². The fourth-order valence-electron chi connectivity index (χ4n) is 2.37. The molecule has 1 saturated heterocycles. The van der Waals surface area contributed by atoms with Gasteiger partial charge < -0.3 is 15.0 Å². The van der Waals surface area contributed by atoms with E-state index in [2.05, 4.69) is 27.1 Å². The molecule has 0 amide bonds. The Bertz CT molecular complexity index is 670. The van der Waals surface area contributed by atoms with E-state index in [1.807, 2.05) is 0 Å². The quantitative estimate of drug-likeness (QED) is 0.941. The zero-order valence-corrected chi connectivity index (χ0v) is 12.8. The smallest absolute Gasteiger partial charge is 0.224 e. The number of aromatic nitrogens is 2. The molecule has 1 unspecified atom stereocenters. The molecule has 116 valence electrons. The van der Waals surface area contributed by atoms with Gasteiger partial charge in [-0.2, -0.15) is 0 Å². The number of hydrogen-bond donors (Lipinski definition) is 1. The van der Waals surface area contributed by atoms with E-state index in [-0.39, 0.29) is 5.75 Å². The molecule has 7 heteroatoms. The van der Waals surface area contributed by atoms with Crippen LogP contribution in [0.5, 0.6) is 11.6 Å². The van der Waals surface area contributed by atoms with Gasteiger partial charge in [0.2, 0.25) is 5.88 Å². The van der Waals surface area contributed by atoms with Crippen molar-refractivity contribution < 1.29 is 9.13 Å². The van der Waals surface area contributed by atoms with Gasteiger partial charge in [0, 0.05) is 36.8 Å². The molecule has 5 nitrogen and oxygen atoms in total. The lowest BCUT2D eigenvalue weighted by molar-refractivity contribution is 0.425. The topological polar surface area (TPSA) is 50.3 Å². The van der Waals surface area contributed by atoms with Crippen molar-refractivity contribution in [1.29, 1.82) is 0 Å². The maximum absolute atomic E-state index is 13.8. The summed E-state index contributed by atoms with van der Waals surface area (Å²) in [6, 6.07) is 6.36. The van der Waals surface area contributed by atoms with Crippen molar-refractivity contribution in [2.45, 2.75) is 13.0 Å². The molecule has 1 aromatic heterocycles. The Morgan fingerprint density at radius 1 is 1.36 bits per heavy atom. The summed E-state index contributed by atoms with van der Waals surface area (Å²) in [5.41, 5.74) is 0. The lowest BCUT2D eigenvalue weighted by Gasteiger charge is -2.32. The van der Waals surface area contributed by atoms with Crippen molar-refractivity contribution in [3.63, 3.8) is 0 Å². The number of piperazine rings is 1. The number of ether oxygens (including phenoxy) is 1. The molecule has 0 radical (unpaired) electrons. The summed E-state index contributed by atoms with van der Waals surface area (Å²) in [6.07, 6.45) is 1.42. The molecule has 0 spiro atoms. The molecule has 1 aliphatic rings. The normalized spacial score (nSPS) is 18.3. The average Bonchev–Trinajstić information content (AvgIpc) is 2.50. The van der Waals surface area contributed by atoms with Gasteiger partial charge in [-0.05, 0) is 25.1 Å². The number of benzene rings is 1. The van der Waals surface area contributed by atoms with Gasteiger partial charge in [-0.1, -0.05) is 11.6 Å². The molecule has 0 aliphatic carbocycles. The second-order valence-corrected chi connectivity index (χ2v) is 5.63. The third kappa shape index (κ3) is 3.45. The minimum atomic E-state index is -0.525. The van der Waals surface area contributed by atoms with Crippen molar-refractivity contribution in [3.8, 4) is 11.6 Å². The standard InChI is InChI=1S/C15H16ClFN4O/c1-10-8-21(5-4-18-10)14-7-15(20-9-19-14)22-13-3-2-11(16)6-12(13)17/h2-3,6-7,9-10,18H,4-5,8H2,1H3.